The van der Waals surface area contributed by atoms with E-state index in [4.69, 9.17) is 11.5 Å². The highest BCUT2D eigenvalue weighted by molar-refractivity contribution is 6.13. The Morgan fingerprint density at radius 3 is 1.88 bits per heavy atom. The van der Waals surface area contributed by atoms with E-state index in [2.05, 4.69) is 0 Å². The Morgan fingerprint density at radius 2 is 1.25 bits per heavy atom. The zero-order chi connectivity index (χ0) is 17.1. The Balaban J connectivity index is 1.87. The number of anilines is 2. The summed E-state index contributed by atoms with van der Waals surface area (Å²) in [5.41, 5.74) is 14.5. The molecular formula is C20H16N2O2. The van der Waals surface area contributed by atoms with Gasteiger partial charge in [0, 0.05) is 33.6 Å². The van der Waals surface area contributed by atoms with Gasteiger partial charge in [0.15, 0.2) is 11.6 Å². The van der Waals surface area contributed by atoms with Crippen LogP contribution in [0.1, 0.15) is 31.8 Å². The highest BCUT2D eigenvalue weighted by atomic mass is 16.1. The van der Waals surface area contributed by atoms with Gasteiger partial charge in [0.2, 0.25) is 0 Å². The molecule has 0 bridgehead atoms. The van der Waals surface area contributed by atoms with Crippen LogP contribution in [0.3, 0.4) is 0 Å². The SMILES string of the molecule is Nc1cccc(C(=O)c2ccc(C(=O)c3ccccc3N)cc2)c1. The molecule has 0 radical (unpaired) electrons. The number of ketones is 2. The fraction of sp³-hybridized carbons (Fsp3) is 0. The normalized spacial score (nSPS) is 10.3. The number of carbonyl (C=O) groups is 2. The summed E-state index contributed by atoms with van der Waals surface area (Å²) in [6.07, 6.45) is 0. The number of rotatable bonds is 4. The first-order chi connectivity index (χ1) is 11.6. The van der Waals surface area contributed by atoms with Crippen LogP contribution in [0.25, 0.3) is 0 Å². The molecule has 0 aliphatic heterocycles. The summed E-state index contributed by atoms with van der Waals surface area (Å²) in [5.74, 6) is -0.309. The molecule has 0 atom stereocenters. The van der Waals surface area contributed by atoms with Crippen molar-refractivity contribution in [3.8, 4) is 0 Å². The van der Waals surface area contributed by atoms with Crippen LogP contribution in [0.2, 0.25) is 0 Å². The Kier molecular flexibility index (Phi) is 4.12. The zero-order valence-corrected chi connectivity index (χ0v) is 12.9. The molecule has 3 aromatic carbocycles. The molecule has 3 aromatic rings. The van der Waals surface area contributed by atoms with E-state index >= 15 is 0 Å². The van der Waals surface area contributed by atoms with Crippen molar-refractivity contribution in [3.05, 3.63) is 95.1 Å². The van der Waals surface area contributed by atoms with E-state index in [9.17, 15) is 9.59 Å². The van der Waals surface area contributed by atoms with Crippen LogP contribution < -0.4 is 11.5 Å². The fourth-order valence-corrected chi connectivity index (χ4v) is 2.48. The smallest absolute Gasteiger partial charge is 0.195 e. The average Bonchev–Trinajstić information content (AvgIpc) is 2.61. The van der Waals surface area contributed by atoms with Gasteiger partial charge in [0.1, 0.15) is 0 Å². The van der Waals surface area contributed by atoms with Crippen molar-refractivity contribution in [3.63, 3.8) is 0 Å². The fourth-order valence-electron chi connectivity index (χ4n) is 2.48. The van der Waals surface area contributed by atoms with Crippen molar-refractivity contribution in [2.24, 2.45) is 0 Å². The molecule has 3 rings (SSSR count). The number of para-hydroxylation sites is 1. The summed E-state index contributed by atoms with van der Waals surface area (Å²) in [6.45, 7) is 0. The second-order valence-corrected chi connectivity index (χ2v) is 5.45. The molecule has 118 valence electrons. The molecule has 0 aliphatic carbocycles. The average molecular weight is 316 g/mol. The van der Waals surface area contributed by atoms with E-state index in [1.807, 2.05) is 0 Å². The van der Waals surface area contributed by atoms with Crippen LogP contribution in [-0.2, 0) is 0 Å². The van der Waals surface area contributed by atoms with E-state index in [1.54, 1.807) is 72.8 Å². The number of carbonyl (C=O) groups excluding carboxylic acids is 2. The predicted octanol–water partition coefficient (Wildman–Crippen LogP) is 3.31. The number of hydrogen-bond acceptors (Lipinski definition) is 4. The van der Waals surface area contributed by atoms with Crippen molar-refractivity contribution in [2.45, 2.75) is 0 Å². The molecular weight excluding hydrogens is 300 g/mol. The van der Waals surface area contributed by atoms with E-state index in [-0.39, 0.29) is 11.6 Å². The van der Waals surface area contributed by atoms with Gasteiger partial charge in [-0.3, -0.25) is 9.59 Å². The maximum absolute atomic E-state index is 12.5. The Morgan fingerprint density at radius 1 is 0.625 bits per heavy atom. The maximum atomic E-state index is 12.5. The first-order valence-corrected chi connectivity index (χ1v) is 7.46. The molecule has 0 saturated carbocycles. The highest BCUT2D eigenvalue weighted by Crippen LogP contribution is 2.18. The summed E-state index contributed by atoms with van der Waals surface area (Å²) >= 11 is 0. The highest BCUT2D eigenvalue weighted by Gasteiger charge is 2.14. The Bertz CT molecular complexity index is 915. The van der Waals surface area contributed by atoms with E-state index in [0.29, 0.717) is 33.6 Å². The minimum Gasteiger partial charge on any atom is -0.399 e. The van der Waals surface area contributed by atoms with Crippen LogP contribution >= 0.6 is 0 Å². The molecule has 0 spiro atoms. The lowest BCUT2D eigenvalue weighted by Gasteiger charge is -2.06. The van der Waals surface area contributed by atoms with Gasteiger partial charge < -0.3 is 11.5 Å². The molecule has 0 amide bonds. The first kappa shape index (κ1) is 15.5. The maximum Gasteiger partial charge on any atom is 0.195 e. The van der Waals surface area contributed by atoms with Crippen LogP contribution in [0.15, 0.2) is 72.8 Å². The summed E-state index contributed by atoms with van der Waals surface area (Å²) in [5, 5.41) is 0. The molecule has 0 unspecified atom stereocenters. The topological polar surface area (TPSA) is 86.2 Å². The van der Waals surface area contributed by atoms with Crippen molar-refractivity contribution in [1.82, 2.24) is 0 Å². The number of benzene rings is 3. The van der Waals surface area contributed by atoms with Crippen molar-refractivity contribution < 1.29 is 9.59 Å². The van der Waals surface area contributed by atoms with Gasteiger partial charge in [-0.15, -0.1) is 0 Å². The van der Waals surface area contributed by atoms with Gasteiger partial charge >= 0.3 is 0 Å². The standard InChI is InChI=1S/C20H16N2O2/c21-16-5-3-4-15(12-16)19(23)13-8-10-14(11-9-13)20(24)17-6-1-2-7-18(17)22/h1-12H,21-22H2. The number of nitrogen functional groups attached to an aromatic ring is 2. The van der Waals surface area contributed by atoms with Crippen molar-refractivity contribution in [1.29, 1.82) is 0 Å². The van der Waals surface area contributed by atoms with Crippen LogP contribution in [0.4, 0.5) is 11.4 Å². The Hall–Kier alpha value is -3.40. The van der Waals surface area contributed by atoms with Crippen molar-refractivity contribution >= 4 is 22.9 Å². The third-order valence-corrected chi connectivity index (χ3v) is 3.76. The largest absolute Gasteiger partial charge is 0.399 e. The second kappa shape index (κ2) is 6.38. The first-order valence-electron chi connectivity index (χ1n) is 7.46. The van der Waals surface area contributed by atoms with Crippen molar-refractivity contribution in [2.75, 3.05) is 11.5 Å². The summed E-state index contributed by atoms with van der Waals surface area (Å²) in [6, 6.07) is 20.3. The molecule has 0 aliphatic rings. The Labute approximate surface area is 139 Å². The summed E-state index contributed by atoms with van der Waals surface area (Å²) in [7, 11) is 0. The zero-order valence-electron chi connectivity index (χ0n) is 12.9. The molecule has 4 N–H and O–H groups in total. The third kappa shape index (κ3) is 3.03. The van der Waals surface area contributed by atoms with E-state index < -0.39 is 0 Å². The minimum atomic E-state index is -0.170. The van der Waals surface area contributed by atoms with Gasteiger partial charge in [-0.25, -0.2) is 0 Å². The van der Waals surface area contributed by atoms with E-state index in [1.165, 1.54) is 0 Å². The quantitative estimate of drug-likeness (QED) is 0.571. The van der Waals surface area contributed by atoms with Gasteiger partial charge in [0.25, 0.3) is 0 Å². The monoisotopic (exact) mass is 316 g/mol. The van der Waals surface area contributed by atoms with Gasteiger partial charge in [-0.05, 0) is 24.3 Å². The van der Waals surface area contributed by atoms with Gasteiger partial charge in [-0.1, -0.05) is 48.5 Å². The molecule has 4 nitrogen and oxygen atoms in total. The molecule has 0 saturated heterocycles. The van der Waals surface area contributed by atoms with Crippen LogP contribution in [-0.4, -0.2) is 11.6 Å². The van der Waals surface area contributed by atoms with E-state index in [0.717, 1.165) is 0 Å². The molecule has 0 fully saturated rings. The van der Waals surface area contributed by atoms with Crippen LogP contribution in [0.5, 0.6) is 0 Å². The second-order valence-electron chi connectivity index (χ2n) is 5.45. The number of hydrogen-bond donors (Lipinski definition) is 2. The lowest BCUT2D eigenvalue weighted by Crippen LogP contribution is -2.06. The molecule has 24 heavy (non-hydrogen) atoms. The lowest BCUT2D eigenvalue weighted by molar-refractivity contribution is 0.102. The summed E-state index contributed by atoms with van der Waals surface area (Å²) in [4.78, 5) is 24.9. The summed E-state index contributed by atoms with van der Waals surface area (Å²) < 4.78 is 0. The van der Waals surface area contributed by atoms with Crippen LogP contribution in [0, 0.1) is 0 Å². The molecule has 0 heterocycles. The number of nitrogens with two attached hydrogens (primary N) is 2. The van der Waals surface area contributed by atoms with Gasteiger partial charge in [0.05, 0.1) is 0 Å². The molecule has 4 heteroatoms. The molecule has 0 aromatic heterocycles. The minimum absolute atomic E-state index is 0.138. The van der Waals surface area contributed by atoms with Gasteiger partial charge in [-0.2, -0.15) is 0 Å². The predicted molar refractivity (Wildman–Crippen MR) is 95.0 cm³/mol. The lowest BCUT2D eigenvalue weighted by atomic mass is 9.98. The third-order valence-electron chi connectivity index (χ3n) is 3.76.